The fourth-order valence-corrected chi connectivity index (χ4v) is 1.69. The van der Waals surface area contributed by atoms with Gasteiger partial charge < -0.3 is 14.9 Å². The molecule has 0 bridgehead atoms. The highest BCUT2D eigenvalue weighted by Crippen LogP contribution is 2.44. The van der Waals surface area contributed by atoms with Crippen LogP contribution in [0.5, 0.6) is 0 Å². The number of hydrogen-bond donors (Lipinski definition) is 0. The van der Waals surface area contributed by atoms with E-state index in [0.29, 0.717) is 18.4 Å². The maximum Gasteiger partial charge on any atom is 0.392 e. The van der Waals surface area contributed by atoms with Gasteiger partial charge in [0.25, 0.3) is 0 Å². The maximum absolute atomic E-state index is 11.5. The van der Waals surface area contributed by atoms with Gasteiger partial charge in [0.05, 0.1) is 24.0 Å². The zero-order chi connectivity index (χ0) is 11.9. The molecular weight excluding hydrogens is 214 g/mol. The quantitative estimate of drug-likeness (QED) is 0.430. The molecule has 2 rings (SSSR count). The first-order chi connectivity index (χ1) is 7.51. The lowest BCUT2D eigenvalue weighted by Crippen LogP contribution is -2.29. The lowest BCUT2D eigenvalue weighted by Gasteiger charge is -2.08. The van der Waals surface area contributed by atoms with Crippen LogP contribution in [0, 0.1) is 17.0 Å². The summed E-state index contributed by atoms with van der Waals surface area (Å²) < 4.78 is 6.03. The number of methoxy groups -OCH3 is 1. The van der Waals surface area contributed by atoms with E-state index in [2.05, 4.69) is 9.84 Å². The number of rotatable bonds is 3. The second-order valence-electron chi connectivity index (χ2n) is 3.86. The fraction of sp³-hybridized carbons (Fsp3) is 0.556. The van der Waals surface area contributed by atoms with Crippen LogP contribution in [-0.4, -0.2) is 27.8 Å². The van der Waals surface area contributed by atoms with Crippen molar-refractivity contribution in [2.45, 2.75) is 25.3 Å². The summed E-state index contributed by atoms with van der Waals surface area (Å²) in [5.74, 6) is -0.611. The molecule has 0 unspecified atom stereocenters. The van der Waals surface area contributed by atoms with Gasteiger partial charge >= 0.3 is 11.8 Å². The van der Waals surface area contributed by atoms with Crippen molar-refractivity contribution in [1.82, 2.24) is 9.78 Å². The zero-order valence-corrected chi connectivity index (χ0v) is 8.97. The van der Waals surface area contributed by atoms with Crippen molar-refractivity contribution < 1.29 is 14.5 Å². The monoisotopic (exact) mass is 225 g/mol. The Morgan fingerprint density at radius 1 is 1.69 bits per heavy atom. The van der Waals surface area contributed by atoms with Crippen molar-refractivity contribution in [3.8, 4) is 0 Å². The average Bonchev–Trinajstić information content (AvgIpc) is 2.95. The lowest BCUT2D eigenvalue weighted by atomic mass is 10.3. The van der Waals surface area contributed by atoms with E-state index in [1.165, 1.54) is 18.0 Å². The zero-order valence-electron chi connectivity index (χ0n) is 8.97. The van der Waals surface area contributed by atoms with Gasteiger partial charge in [0.2, 0.25) is 0 Å². The minimum atomic E-state index is -0.812. The molecule has 1 aromatic rings. The van der Waals surface area contributed by atoms with E-state index in [1.807, 2.05) is 0 Å². The molecule has 0 atom stereocenters. The predicted molar refractivity (Wildman–Crippen MR) is 52.8 cm³/mol. The van der Waals surface area contributed by atoms with Crippen molar-refractivity contribution in [3.63, 3.8) is 0 Å². The van der Waals surface area contributed by atoms with Crippen molar-refractivity contribution in [1.29, 1.82) is 0 Å². The first kappa shape index (κ1) is 10.6. The number of hydrogen-bond acceptors (Lipinski definition) is 5. The van der Waals surface area contributed by atoms with Crippen molar-refractivity contribution in [2.24, 2.45) is 0 Å². The molecule has 0 amide bonds. The molecule has 7 heteroatoms. The van der Waals surface area contributed by atoms with E-state index in [-0.39, 0.29) is 5.82 Å². The molecular formula is C9H11N3O4. The topological polar surface area (TPSA) is 87.3 Å². The summed E-state index contributed by atoms with van der Waals surface area (Å²) in [5, 5.41) is 14.5. The van der Waals surface area contributed by atoms with Crippen LogP contribution in [0.4, 0.5) is 5.82 Å². The van der Waals surface area contributed by atoms with Crippen LogP contribution >= 0.6 is 0 Å². The van der Waals surface area contributed by atoms with Crippen molar-refractivity contribution in [2.75, 3.05) is 7.11 Å². The molecule has 1 fully saturated rings. The number of nitrogens with zero attached hydrogens (tertiary/aromatic N) is 3. The summed E-state index contributed by atoms with van der Waals surface area (Å²) in [5.41, 5.74) is -0.367. The first-order valence-electron chi connectivity index (χ1n) is 4.81. The summed E-state index contributed by atoms with van der Waals surface area (Å²) in [6.07, 6.45) is 2.73. The number of aromatic nitrogens is 2. The molecule has 0 aromatic carbocycles. The number of carbonyl (C=O) groups excluding carboxylic acids is 1. The van der Waals surface area contributed by atoms with E-state index >= 15 is 0 Å². The average molecular weight is 225 g/mol. The standard InChI is InChI=1S/C9H11N3O4/c1-6-5-11(10-7(6)12(14)15)9(3-4-9)8(13)16-2/h5H,3-4H2,1-2H3. The smallest absolute Gasteiger partial charge is 0.392 e. The Labute approximate surface area is 91.2 Å². The summed E-state index contributed by atoms with van der Waals surface area (Å²) >= 11 is 0. The van der Waals surface area contributed by atoms with E-state index in [9.17, 15) is 14.9 Å². The number of aryl methyl sites for hydroxylation is 1. The molecule has 86 valence electrons. The van der Waals surface area contributed by atoms with Gasteiger partial charge in [-0.05, 0) is 24.7 Å². The SMILES string of the molecule is COC(=O)C1(n2cc(C)c([N+](=O)[O-])n2)CC1. The molecule has 0 spiro atoms. The molecule has 0 saturated heterocycles. The third-order valence-electron chi connectivity index (χ3n) is 2.77. The molecule has 0 radical (unpaired) electrons. The molecule has 0 aliphatic heterocycles. The Kier molecular flexibility index (Phi) is 2.18. The molecule has 7 nitrogen and oxygen atoms in total. The van der Waals surface area contributed by atoms with Crippen LogP contribution in [0.1, 0.15) is 18.4 Å². The largest absolute Gasteiger partial charge is 0.467 e. The molecule has 1 aliphatic rings. The van der Waals surface area contributed by atoms with E-state index in [1.54, 1.807) is 6.92 Å². The van der Waals surface area contributed by atoms with Crippen molar-refractivity contribution >= 4 is 11.8 Å². The van der Waals surface area contributed by atoms with Crippen LogP contribution in [-0.2, 0) is 15.1 Å². The van der Waals surface area contributed by atoms with Gasteiger partial charge in [0.1, 0.15) is 0 Å². The highest BCUT2D eigenvalue weighted by atomic mass is 16.6. The number of esters is 1. The first-order valence-corrected chi connectivity index (χ1v) is 4.81. The van der Waals surface area contributed by atoms with Crippen LogP contribution in [0.25, 0.3) is 0 Å². The van der Waals surface area contributed by atoms with Gasteiger partial charge in [-0.2, -0.15) is 4.68 Å². The van der Waals surface area contributed by atoms with Gasteiger partial charge in [-0.3, -0.25) is 0 Å². The molecule has 16 heavy (non-hydrogen) atoms. The third-order valence-corrected chi connectivity index (χ3v) is 2.77. The predicted octanol–water partition coefficient (Wildman–Crippen LogP) is 0.762. The van der Waals surface area contributed by atoms with E-state index < -0.39 is 16.4 Å². The van der Waals surface area contributed by atoms with Crippen LogP contribution in [0.3, 0.4) is 0 Å². The highest BCUT2D eigenvalue weighted by molar-refractivity contribution is 5.81. The van der Waals surface area contributed by atoms with Gasteiger partial charge in [-0.15, -0.1) is 0 Å². The van der Waals surface area contributed by atoms with Crippen LogP contribution in [0.15, 0.2) is 6.20 Å². The number of carbonyl (C=O) groups is 1. The lowest BCUT2D eigenvalue weighted by molar-refractivity contribution is -0.390. The Bertz CT molecular complexity index is 461. The fourth-order valence-electron chi connectivity index (χ4n) is 1.69. The van der Waals surface area contributed by atoms with Crippen LogP contribution < -0.4 is 0 Å². The van der Waals surface area contributed by atoms with Crippen LogP contribution in [0.2, 0.25) is 0 Å². The maximum atomic E-state index is 11.5. The van der Waals surface area contributed by atoms with Gasteiger partial charge in [-0.25, -0.2) is 4.79 Å². The molecule has 1 aliphatic carbocycles. The molecule has 1 aromatic heterocycles. The van der Waals surface area contributed by atoms with Gasteiger partial charge in [-0.1, -0.05) is 0 Å². The van der Waals surface area contributed by atoms with Gasteiger partial charge in [0, 0.05) is 0 Å². The summed E-state index contributed by atoms with van der Waals surface area (Å²) in [4.78, 5) is 21.6. The molecule has 1 saturated carbocycles. The Morgan fingerprint density at radius 2 is 2.31 bits per heavy atom. The summed E-state index contributed by atoms with van der Waals surface area (Å²) in [7, 11) is 1.30. The Morgan fingerprint density at radius 3 is 2.69 bits per heavy atom. The Balaban J connectivity index is 2.39. The third kappa shape index (κ3) is 1.36. The Hall–Kier alpha value is -1.92. The van der Waals surface area contributed by atoms with E-state index in [0.717, 1.165) is 0 Å². The second-order valence-corrected chi connectivity index (χ2v) is 3.86. The summed E-state index contributed by atoms with van der Waals surface area (Å²) in [6.45, 7) is 1.59. The number of nitro groups is 1. The second kappa shape index (κ2) is 3.29. The minimum absolute atomic E-state index is 0.213. The summed E-state index contributed by atoms with van der Waals surface area (Å²) in [6, 6.07) is 0. The minimum Gasteiger partial charge on any atom is -0.467 e. The van der Waals surface area contributed by atoms with Gasteiger partial charge in [0.15, 0.2) is 5.54 Å². The molecule has 0 N–H and O–H groups in total. The highest BCUT2D eigenvalue weighted by Gasteiger charge is 2.56. The van der Waals surface area contributed by atoms with Crippen molar-refractivity contribution in [3.05, 3.63) is 21.9 Å². The normalized spacial score (nSPS) is 16.9. The molecule has 1 heterocycles. The van der Waals surface area contributed by atoms with E-state index in [4.69, 9.17) is 0 Å². The number of ether oxygens (including phenoxy) is 1.